The average Bonchev–Trinajstić information content (AvgIpc) is 1.73. The van der Waals surface area contributed by atoms with Crippen molar-refractivity contribution >= 4 is 0 Å². The van der Waals surface area contributed by atoms with Crippen molar-refractivity contribution in [2.75, 3.05) is 7.11 Å². The monoisotopic (exact) mass is 107 g/mol. The van der Waals surface area contributed by atoms with Crippen molar-refractivity contribution in [3.05, 3.63) is 10.1 Å². The Bertz CT molecular complexity index is 45.4. The zero-order valence-corrected chi connectivity index (χ0v) is 4.67. The summed E-state index contributed by atoms with van der Waals surface area (Å²) in [6.07, 6.45) is 0. The van der Waals surface area contributed by atoms with Crippen molar-refractivity contribution in [1.29, 1.82) is 0 Å². The standard InChI is InChI=1S/C2H6.CH3NO3/c1-2;1-5-2(3)4/h1-2H3;1H3. The second-order valence-electron chi connectivity index (χ2n) is 0.406. The number of nitrogens with zero attached hydrogens (tertiary/aromatic N) is 1. The highest BCUT2D eigenvalue weighted by Gasteiger charge is 1.77. The van der Waals surface area contributed by atoms with Gasteiger partial charge in [0, 0.05) is 0 Å². The van der Waals surface area contributed by atoms with Crippen LogP contribution >= 0.6 is 0 Å². The van der Waals surface area contributed by atoms with Gasteiger partial charge in [0.05, 0.1) is 7.11 Å². The van der Waals surface area contributed by atoms with Crippen molar-refractivity contribution < 1.29 is 9.92 Å². The van der Waals surface area contributed by atoms with Gasteiger partial charge in [-0.05, 0) is 0 Å². The van der Waals surface area contributed by atoms with Gasteiger partial charge in [0.15, 0.2) is 0 Å². The van der Waals surface area contributed by atoms with Crippen molar-refractivity contribution in [2.45, 2.75) is 13.8 Å². The van der Waals surface area contributed by atoms with Gasteiger partial charge in [0.1, 0.15) is 0 Å². The zero-order chi connectivity index (χ0) is 6.28. The molecule has 44 valence electrons. The molecule has 0 rings (SSSR count). The first-order valence-electron chi connectivity index (χ1n) is 1.96. The summed E-state index contributed by atoms with van der Waals surface area (Å²) in [5.41, 5.74) is 0. The van der Waals surface area contributed by atoms with Crippen LogP contribution in [0.25, 0.3) is 0 Å². The molecule has 0 saturated carbocycles. The molecule has 0 N–H and O–H groups in total. The van der Waals surface area contributed by atoms with Crippen LogP contribution in [-0.4, -0.2) is 12.2 Å². The van der Waals surface area contributed by atoms with Gasteiger partial charge in [-0.1, -0.05) is 13.8 Å². The molecule has 7 heavy (non-hydrogen) atoms. The Morgan fingerprint density at radius 1 is 1.57 bits per heavy atom. The second kappa shape index (κ2) is 8.96. The van der Waals surface area contributed by atoms with Crippen LogP contribution in [0.1, 0.15) is 13.8 Å². The third-order valence-corrected chi connectivity index (χ3v) is 0.149. The van der Waals surface area contributed by atoms with Gasteiger partial charge in [-0.25, -0.2) is 0 Å². The maximum atomic E-state index is 8.95. The van der Waals surface area contributed by atoms with Gasteiger partial charge in [0.2, 0.25) is 0 Å². The first-order chi connectivity index (χ1) is 3.27. The summed E-state index contributed by atoms with van der Waals surface area (Å²) < 4.78 is 0. The number of hydrogen-bond donors (Lipinski definition) is 0. The molecule has 0 aliphatic carbocycles. The zero-order valence-electron chi connectivity index (χ0n) is 4.67. The van der Waals surface area contributed by atoms with Gasteiger partial charge >= 0.3 is 0 Å². The van der Waals surface area contributed by atoms with Gasteiger partial charge in [0.25, 0.3) is 5.09 Å². The van der Waals surface area contributed by atoms with Gasteiger partial charge < -0.3 is 4.84 Å². The molecule has 0 aromatic heterocycles. The van der Waals surface area contributed by atoms with Crippen LogP contribution in [0.4, 0.5) is 0 Å². The fourth-order valence-electron chi connectivity index (χ4n) is 0. The minimum absolute atomic E-state index is 0.875. The van der Waals surface area contributed by atoms with Crippen LogP contribution < -0.4 is 0 Å². The molecule has 0 atom stereocenters. The maximum absolute atomic E-state index is 8.95. The molecular formula is C3H9NO3. The SMILES string of the molecule is CC.CO[N+](=O)[O-]. The molecule has 0 aliphatic rings. The summed E-state index contributed by atoms with van der Waals surface area (Å²) in [6, 6.07) is 0. The predicted molar refractivity (Wildman–Crippen MR) is 25.4 cm³/mol. The van der Waals surface area contributed by atoms with Crippen LogP contribution in [0.15, 0.2) is 0 Å². The molecule has 0 aliphatic heterocycles. The lowest BCUT2D eigenvalue weighted by Crippen LogP contribution is -1.91. The van der Waals surface area contributed by atoms with Crippen molar-refractivity contribution in [2.24, 2.45) is 0 Å². The van der Waals surface area contributed by atoms with E-state index in [2.05, 4.69) is 4.84 Å². The Morgan fingerprint density at radius 3 is 1.71 bits per heavy atom. The van der Waals surface area contributed by atoms with E-state index in [1.54, 1.807) is 0 Å². The molecule has 0 saturated heterocycles. The van der Waals surface area contributed by atoms with Crippen LogP contribution in [0.5, 0.6) is 0 Å². The van der Waals surface area contributed by atoms with E-state index >= 15 is 0 Å². The third-order valence-electron chi connectivity index (χ3n) is 0.149. The van der Waals surface area contributed by atoms with Gasteiger partial charge in [-0.15, -0.1) is 10.1 Å². The summed E-state index contributed by atoms with van der Waals surface area (Å²) in [4.78, 5) is 12.4. The number of rotatable bonds is 1. The largest absolute Gasteiger partial charge is 0.317 e. The summed E-state index contributed by atoms with van der Waals surface area (Å²) in [6.45, 7) is 4.00. The van der Waals surface area contributed by atoms with E-state index in [-0.39, 0.29) is 0 Å². The summed E-state index contributed by atoms with van der Waals surface area (Å²) in [5.74, 6) is 0. The number of hydrogen-bond acceptors (Lipinski definition) is 3. The molecule has 0 unspecified atom stereocenters. The van der Waals surface area contributed by atoms with Crippen molar-refractivity contribution in [3.8, 4) is 0 Å². The fourth-order valence-corrected chi connectivity index (χ4v) is 0. The first kappa shape index (κ1) is 9.50. The van der Waals surface area contributed by atoms with Crippen LogP contribution in [0, 0.1) is 10.1 Å². The van der Waals surface area contributed by atoms with E-state index in [1.165, 1.54) is 0 Å². The summed E-state index contributed by atoms with van der Waals surface area (Å²) in [5, 5.41) is 8.08. The molecule has 0 aromatic rings. The molecule has 0 heterocycles. The maximum Gasteiger partial charge on any atom is 0.294 e. The Hall–Kier alpha value is -0.800. The molecule has 0 bridgehead atoms. The molecule has 4 nitrogen and oxygen atoms in total. The van der Waals surface area contributed by atoms with E-state index < -0.39 is 5.09 Å². The topological polar surface area (TPSA) is 52.4 Å². The van der Waals surface area contributed by atoms with Crippen molar-refractivity contribution in [1.82, 2.24) is 0 Å². The highest BCUT2D eigenvalue weighted by molar-refractivity contribution is 3.86. The smallest absolute Gasteiger partial charge is 0.294 e. The van der Waals surface area contributed by atoms with E-state index in [1.807, 2.05) is 13.8 Å². The molecular weight excluding hydrogens is 98.0 g/mol. The molecule has 4 heteroatoms. The van der Waals surface area contributed by atoms with Crippen LogP contribution in [0.2, 0.25) is 0 Å². The Kier molecular flexibility index (Phi) is 12.2. The highest BCUT2D eigenvalue weighted by atomic mass is 16.9. The Labute approximate surface area is 42.2 Å². The third kappa shape index (κ3) is 37.0. The fraction of sp³-hybridized carbons (Fsp3) is 1.00. The van der Waals surface area contributed by atoms with Gasteiger partial charge in [-0.3, -0.25) is 0 Å². The molecule has 0 aromatic carbocycles. The Morgan fingerprint density at radius 2 is 1.71 bits per heavy atom. The lowest BCUT2D eigenvalue weighted by Gasteiger charge is -1.75. The van der Waals surface area contributed by atoms with Gasteiger partial charge in [-0.2, -0.15) is 0 Å². The highest BCUT2D eigenvalue weighted by Crippen LogP contribution is 1.57. The van der Waals surface area contributed by atoms with Crippen molar-refractivity contribution in [3.63, 3.8) is 0 Å². The lowest BCUT2D eigenvalue weighted by atomic mass is 11.0. The van der Waals surface area contributed by atoms with E-state index in [9.17, 15) is 0 Å². The van der Waals surface area contributed by atoms with Crippen LogP contribution in [-0.2, 0) is 4.84 Å². The summed E-state index contributed by atoms with van der Waals surface area (Å²) >= 11 is 0. The van der Waals surface area contributed by atoms with E-state index in [0.717, 1.165) is 7.11 Å². The quantitative estimate of drug-likeness (QED) is 0.368. The normalized spacial score (nSPS) is 5.57. The minimum atomic E-state index is -0.875. The average molecular weight is 107 g/mol. The molecule has 0 spiro atoms. The van der Waals surface area contributed by atoms with E-state index in [0.29, 0.717) is 0 Å². The molecule has 0 fully saturated rings. The summed E-state index contributed by atoms with van der Waals surface area (Å²) in [7, 11) is 1.00. The lowest BCUT2D eigenvalue weighted by molar-refractivity contribution is -0.749. The first-order valence-corrected chi connectivity index (χ1v) is 1.96. The van der Waals surface area contributed by atoms with E-state index in [4.69, 9.17) is 10.1 Å². The second-order valence-corrected chi connectivity index (χ2v) is 0.406. The predicted octanol–water partition coefficient (Wildman–Crippen LogP) is 0.851. The molecule has 0 amide bonds. The van der Waals surface area contributed by atoms with Crippen LogP contribution in [0.3, 0.4) is 0 Å². The molecule has 0 radical (unpaired) electrons. The Balaban J connectivity index is 0. The minimum Gasteiger partial charge on any atom is -0.317 e.